The molecule has 0 spiro atoms. The van der Waals surface area contributed by atoms with E-state index in [1.54, 1.807) is 0 Å². The molecule has 0 fully saturated rings. The van der Waals surface area contributed by atoms with Crippen LogP contribution in [0, 0.1) is 11.7 Å². The van der Waals surface area contributed by atoms with Gasteiger partial charge in [0, 0.05) is 25.1 Å². The number of aromatic amines is 1. The smallest absolute Gasteiger partial charge is 0.221 e. The quantitative estimate of drug-likeness (QED) is 0.603. The van der Waals surface area contributed by atoms with Crippen LogP contribution in [0.4, 0.5) is 0 Å². The second-order valence-corrected chi connectivity index (χ2v) is 7.12. The van der Waals surface area contributed by atoms with Crippen molar-refractivity contribution in [3.8, 4) is 11.4 Å². The summed E-state index contributed by atoms with van der Waals surface area (Å²) in [6.07, 6.45) is 0.355. The number of aromatic nitrogens is 3. The van der Waals surface area contributed by atoms with Crippen molar-refractivity contribution >= 4 is 18.1 Å². The number of rotatable bonds is 7. The summed E-state index contributed by atoms with van der Waals surface area (Å²) in [5.41, 5.74) is 3.38. The van der Waals surface area contributed by atoms with Crippen molar-refractivity contribution in [1.29, 1.82) is 0 Å². The zero-order valence-corrected chi connectivity index (χ0v) is 16.4. The molecule has 6 heteroatoms. The summed E-state index contributed by atoms with van der Waals surface area (Å²) in [6, 6.07) is 18.3. The van der Waals surface area contributed by atoms with Crippen LogP contribution in [-0.4, -0.2) is 27.2 Å². The molecule has 1 heterocycles. The first-order chi connectivity index (χ1) is 13.0. The zero-order chi connectivity index (χ0) is 19.2. The Morgan fingerprint density at radius 3 is 2.59 bits per heavy atom. The molecule has 3 rings (SSSR count). The maximum absolute atomic E-state index is 12.3. The molecule has 0 saturated heterocycles. The average molecular weight is 381 g/mol. The first-order valence-electron chi connectivity index (χ1n) is 9.08. The van der Waals surface area contributed by atoms with Crippen LogP contribution in [0.15, 0.2) is 54.6 Å². The van der Waals surface area contributed by atoms with E-state index in [4.69, 9.17) is 12.2 Å². The second-order valence-electron chi connectivity index (χ2n) is 6.74. The molecule has 0 aliphatic heterocycles. The Kier molecular flexibility index (Phi) is 6.19. The normalized spacial score (nSPS) is 11.9. The molecule has 2 aromatic carbocycles. The highest BCUT2D eigenvalue weighted by molar-refractivity contribution is 7.71. The third-order valence-corrected chi connectivity index (χ3v) is 4.92. The lowest BCUT2D eigenvalue weighted by Gasteiger charge is -2.13. The highest BCUT2D eigenvalue weighted by Gasteiger charge is 2.12. The fraction of sp³-hybridized carbons (Fsp3) is 0.286. The molecular weight excluding hydrogens is 356 g/mol. The zero-order valence-electron chi connectivity index (χ0n) is 15.6. The molecule has 0 aliphatic carbocycles. The minimum atomic E-state index is 0.00994. The monoisotopic (exact) mass is 380 g/mol. The van der Waals surface area contributed by atoms with Gasteiger partial charge in [0.05, 0.1) is 0 Å². The van der Waals surface area contributed by atoms with Crippen molar-refractivity contribution in [2.45, 2.75) is 32.7 Å². The van der Waals surface area contributed by atoms with Crippen molar-refractivity contribution in [3.05, 3.63) is 70.5 Å². The lowest BCUT2D eigenvalue weighted by molar-refractivity contribution is -0.121. The number of nitrogens with zero attached hydrogens (tertiary/aromatic N) is 2. The Hall–Kier alpha value is -2.73. The molecule has 27 heavy (non-hydrogen) atoms. The topological polar surface area (TPSA) is 62.7 Å². The van der Waals surface area contributed by atoms with E-state index in [9.17, 15) is 4.79 Å². The van der Waals surface area contributed by atoms with Gasteiger partial charge in [0.2, 0.25) is 5.91 Å². The molecule has 0 bridgehead atoms. The Bertz CT molecular complexity index is 944. The Morgan fingerprint density at radius 2 is 1.89 bits per heavy atom. The molecule has 5 nitrogen and oxygen atoms in total. The van der Waals surface area contributed by atoms with E-state index in [1.807, 2.05) is 54.0 Å². The first-order valence-corrected chi connectivity index (χ1v) is 9.49. The number of hydrogen-bond acceptors (Lipinski definition) is 3. The fourth-order valence-electron chi connectivity index (χ4n) is 2.92. The Labute approximate surface area is 164 Å². The highest BCUT2D eigenvalue weighted by atomic mass is 32.1. The van der Waals surface area contributed by atoms with Gasteiger partial charge in [-0.25, -0.2) is 0 Å². The molecule has 0 aliphatic rings. The van der Waals surface area contributed by atoms with Gasteiger partial charge in [0.25, 0.3) is 0 Å². The third-order valence-electron chi connectivity index (χ3n) is 4.60. The van der Waals surface area contributed by atoms with Crippen molar-refractivity contribution < 1.29 is 4.79 Å². The molecule has 0 saturated carbocycles. The molecule has 2 N–H and O–H groups in total. The number of benzene rings is 2. The average Bonchev–Trinajstić information content (AvgIpc) is 3.06. The maximum Gasteiger partial charge on any atom is 0.221 e. The second kappa shape index (κ2) is 8.77. The summed E-state index contributed by atoms with van der Waals surface area (Å²) in [5, 5.41) is 10.2. The van der Waals surface area contributed by atoms with Crippen molar-refractivity contribution in [1.82, 2.24) is 20.1 Å². The van der Waals surface area contributed by atoms with Gasteiger partial charge in [-0.05, 0) is 30.6 Å². The van der Waals surface area contributed by atoms with E-state index >= 15 is 0 Å². The van der Waals surface area contributed by atoms with Gasteiger partial charge in [-0.1, -0.05) is 67.1 Å². The highest BCUT2D eigenvalue weighted by Crippen LogP contribution is 2.18. The van der Waals surface area contributed by atoms with Gasteiger partial charge in [0.15, 0.2) is 10.6 Å². The summed E-state index contributed by atoms with van der Waals surface area (Å²) < 4.78 is 2.40. The van der Waals surface area contributed by atoms with Crippen LogP contribution in [0.3, 0.4) is 0 Å². The van der Waals surface area contributed by atoms with Gasteiger partial charge in [-0.15, -0.1) is 0 Å². The Morgan fingerprint density at radius 1 is 1.19 bits per heavy atom. The number of nitrogens with one attached hydrogen (secondary N) is 2. The van der Waals surface area contributed by atoms with Crippen LogP contribution >= 0.6 is 12.2 Å². The number of H-pyrrole nitrogens is 1. The molecule has 1 aromatic heterocycles. The minimum absolute atomic E-state index is 0.00994. The van der Waals surface area contributed by atoms with Crippen LogP contribution in [0.1, 0.15) is 30.4 Å². The van der Waals surface area contributed by atoms with E-state index < -0.39 is 0 Å². The number of aryl methyl sites for hydroxylation is 1. The Balaban J connectivity index is 1.58. The van der Waals surface area contributed by atoms with Crippen molar-refractivity contribution in [2.75, 3.05) is 6.54 Å². The minimum Gasteiger partial charge on any atom is -0.355 e. The van der Waals surface area contributed by atoms with Crippen molar-refractivity contribution in [2.24, 2.45) is 0 Å². The summed E-state index contributed by atoms with van der Waals surface area (Å²) in [6.45, 7) is 5.26. The van der Waals surface area contributed by atoms with Crippen molar-refractivity contribution in [3.63, 3.8) is 0 Å². The van der Waals surface area contributed by atoms with E-state index in [1.165, 1.54) is 11.1 Å². The van der Waals surface area contributed by atoms with Gasteiger partial charge < -0.3 is 5.32 Å². The number of carbonyl (C=O) groups is 1. The van der Waals surface area contributed by atoms with E-state index in [0.29, 0.717) is 24.3 Å². The molecule has 140 valence electrons. The lowest BCUT2D eigenvalue weighted by Crippen LogP contribution is -2.28. The predicted molar refractivity (Wildman–Crippen MR) is 110 cm³/mol. The summed E-state index contributed by atoms with van der Waals surface area (Å²) in [4.78, 5) is 12.3. The molecule has 1 amide bonds. The van der Waals surface area contributed by atoms with Crippen LogP contribution in [0.5, 0.6) is 0 Å². The molecule has 1 atom stereocenters. The van der Waals surface area contributed by atoms with Gasteiger partial charge in [-0.2, -0.15) is 5.10 Å². The van der Waals surface area contributed by atoms with Gasteiger partial charge in [-0.3, -0.25) is 14.5 Å². The van der Waals surface area contributed by atoms with Crippen LogP contribution in [0.25, 0.3) is 11.4 Å². The van der Waals surface area contributed by atoms with Crippen LogP contribution in [-0.2, 0) is 11.3 Å². The number of hydrogen-bond donors (Lipinski definition) is 2. The molecule has 3 aromatic rings. The molecule has 1 unspecified atom stereocenters. The molecule has 0 radical (unpaired) electrons. The van der Waals surface area contributed by atoms with E-state index in [2.05, 4.69) is 34.6 Å². The SMILES string of the molecule is Cc1ccc(-c2n[nH]c(=S)n2CCC(=O)NCC(C)c2ccccc2)cc1. The predicted octanol–water partition coefficient (Wildman–Crippen LogP) is 4.23. The van der Waals surface area contributed by atoms with E-state index in [-0.39, 0.29) is 11.8 Å². The third kappa shape index (κ3) is 4.92. The van der Waals surface area contributed by atoms with Gasteiger partial charge in [0.1, 0.15) is 0 Å². The summed E-state index contributed by atoms with van der Waals surface area (Å²) in [5.74, 6) is 1.04. The standard InChI is InChI=1S/C21H24N4OS/c1-15-8-10-18(11-9-15)20-23-24-21(27)25(20)13-12-19(26)22-14-16(2)17-6-4-3-5-7-17/h3-11,16H,12-14H2,1-2H3,(H,22,26)(H,24,27). The van der Waals surface area contributed by atoms with Gasteiger partial charge >= 0.3 is 0 Å². The largest absolute Gasteiger partial charge is 0.355 e. The summed E-state index contributed by atoms with van der Waals surface area (Å²) in [7, 11) is 0. The maximum atomic E-state index is 12.3. The number of carbonyl (C=O) groups excluding carboxylic acids is 1. The lowest BCUT2D eigenvalue weighted by atomic mass is 10.0. The van der Waals surface area contributed by atoms with Crippen LogP contribution < -0.4 is 5.32 Å². The number of amides is 1. The molecular formula is C21H24N4OS. The fourth-order valence-corrected chi connectivity index (χ4v) is 3.14. The van der Waals surface area contributed by atoms with E-state index in [0.717, 1.165) is 11.4 Å². The first kappa shape index (κ1) is 19.0. The summed E-state index contributed by atoms with van der Waals surface area (Å²) >= 11 is 5.33. The van der Waals surface area contributed by atoms with Crippen LogP contribution in [0.2, 0.25) is 0 Å².